The Morgan fingerprint density at radius 1 is 1.11 bits per heavy atom. The largest absolute Gasteiger partial charge is 0.355 e. The van der Waals surface area contributed by atoms with Crippen molar-refractivity contribution in [3.05, 3.63) is 11.6 Å². The van der Waals surface area contributed by atoms with Gasteiger partial charge in [0, 0.05) is 58.4 Å². The van der Waals surface area contributed by atoms with Gasteiger partial charge in [-0.1, -0.05) is 19.3 Å². The number of rotatable bonds is 5. The predicted octanol–water partition coefficient (Wildman–Crippen LogP) is 1.11. The number of fused-ring (bicyclic) bond motifs is 3. The SMILES string of the molecule is Cc1nnc(CN=C(NCC2CN3CCN2CC3)NC2CCCCC2)n1C.I. The van der Waals surface area contributed by atoms with Gasteiger partial charge in [0.2, 0.25) is 0 Å². The summed E-state index contributed by atoms with van der Waals surface area (Å²) in [6.07, 6.45) is 6.49. The second kappa shape index (κ2) is 10.2. The lowest BCUT2D eigenvalue weighted by Gasteiger charge is -2.47. The number of nitrogens with zero attached hydrogens (tertiary/aromatic N) is 6. The normalized spacial score (nSPS) is 28.1. The van der Waals surface area contributed by atoms with Crippen LogP contribution < -0.4 is 10.6 Å². The molecule has 0 amide bonds. The molecule has 8 nitrogen and oxygen atoms in total. The Kier molecular flexibility index (Phi) is 7.93. The first kappa shape index (κ1) is 21.8. The van der Waals surface area contributed by atoms with Crippen molar-refractivity contribution >= 4 is 29.9 Å². The molecule has 5 rings (SSSR count). The lowest BCUT2D eigenvalue weighted by Crippen LogP contribution is -2.64. The molecular formula is C19H35IN8. The van der Waals surface area contributed by atoms with E-state index in [1.54, 1.807) is 0 Å². The topological polar surface area (TPSA) is 73.6 Å². The lowest BCUT2D eigenvalue weighted by molar-refractivity contribution is 0.0154. The Bertz CT molecular complexity index is 646. The van der Waals surface area contributed by atoms with E-state index >= 15 is 0 Å². The van der Waals surface area contributed by atoms with Crippen molar-refractivity contribution in [3.63, 3.8) is 0 Å². The van der Waals surface area contributed by atoms with E-state index in [0.29, 0.717) is 18.6 Å². The molecule has 9 heteroatoms. The number of aliphatic imine (C=N–C) groups is 1. The van der Waals surface area contributed by atoms with Crippen molar-refractivity contribution in [2.75, 3.05) is 39.3 Å². The van der Waals surface area contributed by atoms with E-state index in [9.17, 15) is 0 Å². The Hall–Kier alpha value is -0.940. The number of halogens is 1. The standard InChI is InChI=1S/C19H34N8.HI/c1-15-23-24-18(25(15)2)13-21-19(22-16-6-4-3-5-7-16)20-12-17-14-26-8-10-27(17)11-9-26;/h16-17H,3-14H2,1-2H3,(H2,20,21,22);1H. The van der Waals surface area contributed by atoms with E-state index in [1.807, 2.05) is 18.5 Å². The van der Waals surface area contributed by atoms with E-state index in [1.165, 1.54) is 64.8 Å². The van der Waals surface area contributed by atoms with Crippen molar-refractivity contribution in [1.29, 1.82) is 0 Å². The monoisotopic (exact) mass is 502 g/mol. The summed E-state index contributed by atoms with van der Waals surface area (Å²) < 4.78 is 2.01. The molecule has 28 heavy (non-hydrogen) atoms. The summed E-state index contributed by atoms with van der Waals surface area (Å²) in [5, 5.41) is 15.7. The Morgan fingerprint density at radius 2 is 1.86 bits per heavy atom. The molecule has 3 saturated heterocycles. The predicted molar refractivity (Wildman–Crippen MR) is 122 cm³/mol. The summed E-state index contributed by atoms with van der Waals surface area (Å²) in [6, 6.07) is 1.13. The molecule has 2 N–H and O–H groups in total. The Balaban J connectivity index is 0.00000225. The highest BCUT2D eigenvalue weighted by Gasteiger charge is 2.31. The molecule has 3 aliphatic heterocycles. The number of guanidine groups is 1. The Morgan fingerprint density at radius 3 is 2.46 bits per heavy atom. The van der Waals surface area contributed by atoms with Gasteiger partial charge in [0.05, 0.1) is 0 Å². The fourth-order valence-electron chi connectivity index (χ4n) is 4.46. The quantitative estimate of drug-likeness (QED) is 0.357. The number of hydrogen-bond donors (Lipinski definition) is 2. The first-order chi connectivity index (χ1) is 13.2. The second-order valence-electron chi connectivity index (χ2n) is 8.24. The highest BCUT2D eigenvalue weighted by Crippen LogP contribution is 2.18. The highest BCUT2D eigenvalue weighted by molar-refractivity contribution is 14.0. The fraction of sp³-hybridized carbons (Fsp3) is 0.842. The van der Waals surface area contributed by atoms with Crippen LogP contribution in [-0.2, 0) is 13.6 Å². The van der Waals surface area contributed by atoms with Gasteiger partial charge < -0.3 is 15.2 Å². The third-order valence-corrected chi connectivity index (χ3v) is 6.40. The van der Waals surface area contributed by atoms with Crippen LogP contribution in [0.5, 0.6) is 0 Å². The van der Waals surface area contributed by atoms with Gasteiger partial charge in [0.25, 0.3) is 0 Å². The third kappa shape index (κ3) is 5.35. The van der Waals surface area contributed by atoms with Crippen LogP contribution in [0.4, 0.5) is 0 Å². The summed E-state index contributed by atoms with van der Waals surface area (Å²) in [7, 11) is 2.00. The fourth-order valence-corrected chi connectivity index (χ4v) is 4.46. The number of hydrogen-bond acceptors (Lipinski definition) is 5. The van der Waals surface area contributed by atoms with Gasteiger partial charge >= 0.3 is 0 Å². The van der Waals surface area contributed by atoms with E-state index in [0.717, 1.165) is 24.2 Å². The first-order valence-electron chi connectivity index (χ1n) is 10.5. The van der Waals surface area contributed by atoms with Gasteiger partial charge in [-0.15, -0.1) is 34.2 Å². The Labute approximate surface area is 185 Å². The summed E-state index contributed by atoms with van der Waals surface area (Å²) in [6.45, 7) is 9.51. The zero-order valence-corrected chi connectivity index (χ0v) is 19.6. The van der Waals surface area contributed by atoms with Gasteiger partial charge in [0.15, 0.2) is 11.8 Å². The van der Waals surface area contributed by atoms with Crippen LogP contribution in [0.25, 0.3) is 0 Å². The van der Waals surface area contributed by atoms with Crippen LogP contribution in [0.1, 0.15) is 43.8 Å². The highest BCUT2D eigenvalue weighted by atomic mass is 127. The zero-order valence-electron chi connectivity index (χ0n) is 17.2. The molecular weight excluding hydrogens is 467 g/mol. The molecule has 0 spiro atoms. The van der Waals surface area contributed by atoms with Crippen molar-refractivity contribution in [1.82, 2.24) is 35.2 Å². The van der Waals surface area contributed by atoms with Crippen LogP contribution in [0.3, 0.4) is 0 Å². The molecule has 1 unspecified atom stereocenters. The van der Waals surface area contributed by atoms with Crippen molar-refractivity contribution in [2.24, 2.45) is 12.0 Å². The molecule has 2 bridgehead atoms. The number of aromatic nitrogens is 3. The summed E-state index contributed by atoms with van der Waals surface area (Å²) >= 11 is 0. The molecule has 1 aromatic rings. The molecule has 0 radical (unpaired) electrons. The minimum atomic E-state index is 0. The molecule has 1 aromatic heterocycles. The van der Waals surface area contributed by atoms with E-state index in [4.69, 9.17) is 4.99 Å². The average Bonchev–Trinajstić information content (AvgIpc) is 3.04. The third-order valence-electron chi connectivity index (χ3n) is 6.40. The maximum atomic E-state index is 4.85. The van der Waals surface area contributed by atoms with Crippen molar-refractivity contribution < 1.29 is 0 Å². The van der Waals surface area contributed by atoms with Crippen molar-refractivity contribution in [2.45, 2.75) is 57.7 Å². The van der Waals surface area contributed by atoms with Gasteiger partial charge in [-0.2, -0.15) is 0 Å². The minimum absolute atomic E-state index is 0. The summed E-state index contributed by atoms with van der Waals surface area (Å²) in [4.78, 5) is 10.1. The molecule has 1 atom stereocenters. The number of nitrogens with one attached hydrogen (secondary N) is 2. The molecule has 4 heterocycles. The number of aryl methyl sites for hydroxylation is 1. The van der Waals surface area contributed by atoms with E-state index in [2.05, 4.69) is 30.6 Å². The maximum Gasteiger partial charge on any atom is 0.191 e. The van der Waals surface area contributed by atoms with Gasteiger partial charge in [-0.25, -0.2) is 4.99 Å². The average molecular weight is 502 g/mol. The molecule has 1 saturated carbocycles. The molecule has 4 fully saturated rings. The van der Waals surface area contributed by atoms with Gasteiger partial charge in [-0.3, -0.25) is 9.80 Å². The summed E-state index contributed by atoms with van der Waals surface area (Å²) in [5.41, 5.74) is 0. The lowest BCUT2D eigenvalue weighted by atomic mass is 9.96. The molecule has 4 aliphatic rings. The first-order valence-corrected chi connectivity index (χ1v) is 10.5. The zero-order chi connectivity index (χ0) is 18.6. The van der Waals surface area contributed by atoms with Gasteiger partial charge in [0.1, 0.15) is 12.4 Å². The minimum Gasteiger partial charge on any atom is -0.355 e. The van der Waals surface area contributed by atoms with Crippen LogP contribution in [0, 0.1) is 6.92 Å². The van der Waals surface area contributed by atoms with E-state index in [-0.39, 0.29) is 24.0 Å². The molecule has 0 aromatic carbocycles. The second-order valence-corrected chi connectivity index (χ2v) is 8.24. The van der Waals surface area contributed by atoms with Crippen LogP contribution >= 0.6 is 24.0 Å². The summed E-state index contributed by atoms with van der Waals surface area (Å²) in [5.74, 6) is 2.76. The van der Waals surface area contributed by atoms with Crippen LogP contribution in [-0.4, -0.2) is 81.9 Å². The molecule has 158 valence electrons. The van der Waals surface area contributed by atoms with E-state index < -0.39 is 0 Å². The molecule has 1 aliphatic carbocycles. The van der Waals surface area contributed by atoms with Crippen LogP contribution in [0.2, 0.25) is 0 Å². The van der Waals surface area contributed by atoms with Crippen LogP contribution in [0.15, 0.2) is 4.99 Å². The number of piperazine rings is 3. The van der Waals surface area contributed by atoms with Crippen molar-refractivity contribution in [3.8, 4) is 0 Å². The van der Waals surface area contributed by atoms with Gasteiger partial charge in [-0.05, 0) is 19.8 Å². The maximum absolute atomic E-state index is 4.85. The smallest absolute Gasteiger partial charge is 0.191 e.